The fourth-order valence-corrected chi connectivity index (χ4v) is 13.2. The monoisotopic (exact) mass is 1960 g/mol. The van der Waals surface area contributed by atoms with Gasteiger partial charge in [-0.2, -0.15) is 79.0 Å². The molecule has 0 amide bonds. The Morgan fingerprint density at radius 1 is 0.496 bits per heavy atom. The number of carbonyl (C=O) groups is 3. The van der Waals surface area contributed by atoms with Gasteiger partial charge in [0, 0.05) is 80.1 Å². The minimum absolute atomic E-state index is 0. The zero-order chi connectivity index (χ0) is 85.4. The van der Waals surface area contributed by atoms with Crippen LogP contribution in [0, 0.1) is 29.3 Å². The van der Waals surface area contributed by atoms with Crippen molar-refractivity contribution in [1.82, 2.24) is 5.16 Å². The van der Waals surface area contributed by atoms with Gasteiger partial charge < -0.3 is 14.7 Å². The normalized spacial score (nSPS) is 12.6. The Hall–Kier alpha value is -5.95. The predicted octanol–water partition coefficient (Wildman–Crippen LogP) is 26.7. The maximum atomic E-state index is 14.3. The van der Waals surface area contributed by atoms with Crippen molar-refractivity contribution in [2.75, 3.05) is 0 Å². The Balaban J connectivity index is 0.000000726. The number of carboxylic acids is 2. The zero-order valence-corrected chi connectivity index (χ0v) is 70.4. The third-order valence-electron chi connectivity index (χ3n) is 14.1. The number of carboxylic acid groups (broad SMARTS) is 2. The van der Waals surface area contributed by atoms with E-state index in [9.17, 15) is 97.0 Å². The Bertz CT molecular complexity index is 4400. The Morgan fingerprint density at radius 2 is 0.823 bits per heavy atom. The second-order valence-corrected chi connectivity index (χ2v) is 40.3. The van der Waals surface area contributed by atoms with E-state index < -0.39 is 132 Å². The number of Topliss-reactive ketones (excluding diaryl/α,β-unsaturated/α-hetero) is 1. The van der Waals surface area contributed by atoms with E-state index in [0.29, 0.717) is 29.5 Å². The van der Waals surface area contributed by atoms with Crippen LogP contribution in [0.4, 0.5) is 92.2 Å². The van der Waals surface area contributed by atoms with Gasteiger partial charge in [-0.15, -0.1) is 29.9 Å². The minimum Gasteiger partial charge on any atom is -0.481 e. The molecule has 7 aromatic carbocycles. The van der Waals surface area contributed by atoms with Crippen LogP contribution in [0.1, 0.15) is 65.7 Å². The van der Waals surface area contributed by atoms with Crippen LogP contribution >= 0.6 is 106 Å². The number of halogens is 29. The number of terminal acetylenes is 1. The van der Waals surface area contributed by atoms with Gasteiger partial charge in [0.05, 0.1) is 40.2 Å². The van der Waals surface area contributed by atoms with Crippen LogP contribution in [0.15, 0.2) is 167 Å². The topological polar surface area (TPSA) is 118 Å². The fraction of sp³-hybridized carbons (Fsp3) is 0.288. The molecule has 0 aliphatic heterocycles. The Labute approximate surface area is 695 Å². The summed E-state index contributed by atoms with van der Waals surface area (Å²) in [7, 11) is -3.46. The molecule has 113 heavy (non-hydrogen) atoms. The first kappa shape index (κ1) is 105. The van der Waals surface area contributed by atoms with Crippen LogP contribution in [0.5, 0.6) is 0 Å². The summed E-state index contributed by atoms with van der Waals surface area (Å²) in [4.78, 5) is 30.5. The molecule has 1 fully saturated rings. The zero-order valence-electron chi connectivity index (χ0n) is 59.0. The number of hydrogen-bond donors (Lipinski definition) is 2. The molecule has 40 heteroatoms. The standard InChI is InChI=1S/C23H14Cl2F7NO2.C18H15P.C14H11Cl2F7Si.C9H2BrCl2F7.C5H10Si.2C2H4O2.ClH.Pd/c24-16-6-3-12(8-15(16)19(34)7-11-1-2-11)18-10-20(35-33-18)14-5-4-13(9-17(14)25)21(26,22(27,28)29)23(30,31)32;1-4-10-16(11-5-1)19(17-12-6-2-7-13-17)18-14-8-3-9-15-18;1-24(2,3)5-4-9-10(15)6-8(7-11(9)16)12(17,13(18,19)20)14(21,22)23;10-6-4(11)1-3(2-5(6)12)7(13,8(14,15)16)9(17,18)19;1-5-6(2,3)4;2*1-2(3)4;;/h3-6,8-11H,1-2,7H2;1-15H;6-7H,1-3H3;1-2H;1H,2-4H3;2*1H3,(H,3,4);1H;. The van der Waals surface area contributed by atoms with Gasteiger partial charge in [0.25, 0.3) is 11.9 Å². The van der Waals surface area contributed by atoms with Crippen LogP contribution in [-0.4, -0.2) is 86.3 Å². The number of benzene rings is 7. The van der Waals surface area contributed by atoms with Gasteiger partial charge in [0.15, 0.2) is 11.5 Å². The van der Waals surface area contributed by atoms with Gasteiger partial charge in [-0.1, -0.05) is 223 Å². The van der Waals surface area contributed by atoms with Crippen molar-refractivity contribution in [3.8, 4) is 46.0 Å². The van der Waals surface area contributed by atoms with Crippen LogP contribution in [-0.2, 0) is 47.0 Å². The van der Waals surface area contributed by atoms with Crippen LogP contribution in [0.2, 0.25) is 69.4 Å². The third kappa shape index (κ3) is 29.6. The first-order valence-electron chi connectivity index (χ1n) is 31.1. The molecule has 1 heterocycles. The summed E-state index contributed by atoms with van der Waals surface area (Å²) in [6.45, 7) is 14.2. The molecule has 1 aliphatic carbocycles. The van der Waals surface area contributed by atoms with E-state index in [4.69, 9.17) is 100 Å². The van der Waals surface area contributed by atoms with Crippen LogP contribution in [0.25, 0.3) is 22.6 Å². The van der Waals surface area contributed by atoms with E-state index in [-0.39, 0.29) is 101 Å². The van der Waals surface area contributed by atoms with Gasteiger partial charge in [0.2, 0.25) is 0 Å². The van der Waals surface area contributed by atoms with Crippen LogP contribution < -0.4 is 15.9 Å². The van der Waals surface area contributed by atoms with Crippen molar-refractivity contribution >= 4 is 156 Å². The van der Waals surface area contributed by atoms with Gasteiger partial charge in [0.1, 0.15) is 21.8 Å². The fourth-order valence-electron chi connectivity index (χ4n) is 8.60. The second-order valence-electron chi connectivity index (χ2n) is 25.3. The predicted molar refractivity (Wildman–Crippen MR) is 406 cm³/mol. The molecule has 1 saturated carbocycles. The summed E-state index contributed by atoms with van der Waals surface area (Å²) in [5.41, 5.74) is -15.7. The van der Waals surface area contributed by atoms with Gasteiger partial charge in [-0.05, 0) is 107 Å². The van der Waals surface area contributed by atoms with Gasteiger partial charge in [-0.3, -0.25) is 14.4 Å². The molecule has 0 saturated heterocycles. The van der Waals surface area contributed by atoms with Crippen molar-refractivity contribution in [2.24, 2.45) is 5.92 Å². The summed E-state index contributed by atoms with van der Waals surface area (Å²) in [5.74, 6) is 0.980. The summed E-state index contributed by atoms with van der Waals surface area (Å²) < 4.78 is 276. The maximum absolute atomic E-state index is 14.3. The maximum Gasteiger partial charge on any atom is 0.435 e. The van der Waals surface area contributed by atoms with Crippen molar-refractivity contribution in [1.29, 1.82) is 0 Å². The molecule has 0 radical (unpaired) electrons. The van der Waals surface area contributed by atoms with Crippen LogP contribution in [0.3, 0.4) is 0 Å². The first-order chi connectivity index (χ1) is 50.5. The molecule has 0 spiro atoms. The van der Waals surface area contributed by atoms with E-state index in [1.807, 2.05) is 19.6 Å². The molecular weight excluding hydrogens is 1910 g/mol. The summed E-state index contributed by atoms with van der Waals surface area (Å²) >= 11 is 37.0. The molecule has 8 aromatic rings. The molecule has 620 valence electrons. The number of carbonyl (C=O) groups excluding carboxylic acids is 1. The third-order valence-corrected chi connectivity index (χ3v) is 21.4. The summed E-state index contributed by atoms with van der Waals surface area (Å²) in [6, 6.07) is 40.5. The summed E-state index contributed by atoms with van der Waals surface area (Å²) in [6.07, 6.45) is -30.0. The van der Waals surface area contributed by atoms with Crippen molar-refractivity contribution in [3.05, 3.63) is 220 Å². The van der Waals surface area contributed by atoms with Crippen molar-refractivity contribution < 1.29 is 142 Å². The average molecular weight is 1970 g/mol. The Kier molecular flexibility index (Phi) is 39.5. The molecule has 2 N–H and O–H groups in total. The quantitative estimate of drug-likeness (QED) is 0.0331. The number of nitrogens with zero attached hydrogens (tertiary/aromatic N) is 1. The van der Waals surface area contributed by atoms with E-state index in [0.717, 1.165) is 32.8 Å². The number of ketones is 1. The molecule has 0 bridgehead atoms. The van der Waals surface area contributed by atoms with E-state index in [1.54, 1.807) is 6.07 Å². The van der Waals surface area contributed by atoms with E-state index in [1.165, 1.54) is 34.1 Å². The number of aliphatic carboxylic acids is 2. The van der Waals surface area contributed by atoms with E-state index in [2.05, 4.69) is 149 Å². The first-order valence-corrected chi connectivity index (χ1v) is 42.5. The molecule has 0 atom stereocenters. The SMILES string of the molecule is C#C[Si](C)(C)C.CC(=O)O.CC(=O)O.C[Si](C)(C)C#Cc1c(Cl)cc(C(F)(C(F)(F)F)C(F)(F)F)cc1Cl.Cl.FC(F)(F)C(F)(c1cc(Cl)c(Br)c(Cl)c1)C(F)(F)F.O=C(CC1CC1)c1cc(-c2cc(-c3ccc(C(F)(C(F)(F)F)C(F)(F)F)cc3Cl)on2)ccc1Cl.[Pd].c1ccc(P(c2ccccc2)c2ccccc2)cc1. The van der Waals surface area contributed by atoms with Crippen molar-refractivity contribution in [3.63, 3.8) is 0 Å². The van der Waals surface area contributed by atoms with E-state index >= 15 is 0 Å². The average Bonchev–Trinajstić information content (AvgIpc) is 0.865. The molecule has 1 aromatic heterocycles. The Morgan fingerprint density at radius 3 is 1.13 bits per heavy atom. The van der Waals surface area contributed by atoms with Crippen molar-refractivity contribution in [2.45, 2.75) is 126 Å². The molecule has 1 aliphatic rings. The minimum atomic E-state index is -6.27. The smallest absolute Gasteiger partial charge is 0.435 e. The summed E-state index contributed by atoms with van der Waals surface area (Å²) in [5, 5.41) is 20.2. The van der Waals surface area contributed by atoms with Gasteiger partial charge >= 0.3 is 54.1 Å². The number of hydrogen-bond acceptors (Lipinski definition) is 5. The van der Waals surface area contributed by atoms with Gasteiger partial charge in [-0.25, -0.2) is 13.2 Å². The number of aromatic nitrogens is 1. The molecule has 9 rings (SSSR count). The molecular formula is C73H61BrCl7F21NO6PPdSi2. The number of alkyl halides is 21. The molecule has 7 nitrogen and oxygen atoms in total. The largest absolute Gasteiger partial charge is 0.481 e. The molecule has 0 unspecified atom stereocenters. The number of rotatable bonds is 11. The second kappa shape index (κ2) is 42.4.